The van der Waals surface area contributed by atoms with Crippen LogP contribution in [0.3, 0.4) is 0 Å². The predicted octanol–water partition coefficient (Wildman–Crippen LogP) is 4.19. The Labute approximate surface area is 150 Å². The van der Waals surface area contributed by atoms with E-state index in [1.165, 1.54) is 24.8 Å². The van der Waals surface area contributed by atoms with Crippen molar-refractivity contribution < 1.29 is 4.79 Å². The Morgan fingerprint density at radius 1 is 1.04 bits per heavy atom. The van der Waals surface area contributed by atoms with Gasteiger partial charge in [0.2, 0.25) is 0 Å². The maximum Gasteiger partial charge on any atom is 0.253 e. The molecule has 1 amide bonds. The molecule has 0 radical (unpaired) electrons. The molecule has 0 atom stereocenters. The first kappa shape index (κ1) is 17.5. The lowest BCUT2D eigenvalue weighted by Crippen LogP contribution is -2.36. The maximum atomic E-state index is 12.3. The zero-order valence-corrected chi connectivity index (χ0v) is 14.7. The molecule has 1 aliphatic rings. The van der Waals surface area contributed by atoms with Gasteiger partial charge in [0.25, 0.3) is 5.91 Å². The summed E-state index contributed by atoms with van der Waals surface area (Å²) < 4.78 is 0. The summed E-state index contributed by atoms with van der Waals surface area (Å²) in [6.45, 7) is 0.871. The molecule has 1 aromatic carbocycles. The number of benzene rings is 1. The molecule has 25 heavy (non-hydrogen) atoms. The summed E-state index contributed by atoms with van der Waals surface area (Å²) in [7, 11) is 0. The first-order chi connectivity index (χ1) is 12.3. The van der Waals surface area contributed by atoms with E-state index in [9.17, 15) is 4.79 Å². The van der Waals surface area contributed by atoms with Gasteiger partial charge in [0, 0.05) is 18.8 Å². The van der Waals surface area contributed by atoms with E-state index in [-0.39, 0.29) is 5.91 Å². The van der Waals surface area contributed by atoms with Crippen molar-refractivity contribution in [1.29, 1.82) is 0 Å². The highest BCUT2D eigenvalue weighted by Gasteiger charge is 2.16. The average molecular weight is 337 g/mol. The average Bonchev–Trinajstić information content (AvgIpc) is 2.67. The molecule has 4 nitrogen and oxygen atoms in total. The highest BCUT2D eigenvalue weighted by molar-refractivity contribution is 5.94. The van der Waals surface area contributed by atoms with Crippen molar-refractivity contribution in [3.8, 4) is 0 Å². The summed E-state index contributed by atoms with van der Waals surface area (Å²) in [5.41, 5.74) is 1.99. The van der Waals surface area contributed by atoms with Gasteiger partial charge in [-0.05, 0) is 43.4 Å². The van der Waals surface area contributed by atoms with E-state index in [0.29, 0.717) is 11.6 Å². The zero-order valence-electron chi connectivity index (χ0n) is 14.7. The van der Waals surface area contributed by atoms with Gasteiger partial charge in [-0.2, -0.15) is 0 Å². The number of carbonyl (C=O) groups is 1. The molecule has 0 aliphatic heterocycles. The minimum atomic E-state index is -0.00460. The fourth-order valence-corrected chi connectivity index (χ4v) is 3.30. The van der Waals surface area contributed by atoms with Crippen LogP contribution in [0.4, 0.5) is 5.82 Å². The third-order valence-electron chi connectivity index (χ3n) is 4.76. The van der Waals surface area contributed by atoms with Crippen molar-refractivity contribution in [3.05, 3.63) is 59.8 Å². The van der Waals surface area contributed by atoms with Crippen LogP contribution in [0.1, 0.15) is 54.4 Å². The summed E-state index contributed by atoms with van der Waals surface area (Å²) in [5, 5.41) is 6.45. The number of hydrogen-bond acceptors (Lipinski definition) is 3. The van der Waals surface area contributed by atoms with Crippen molar-refractivity contribution in [2.75, 3.05) is 11.9 Å². The van der Waals surface area contributed by atoms with E-state index < -0.39 is 0 Å². The zero-order chi connectivity index (χ0) is 17.3. The molecule has 2 N–H and O–H groups in total. The van der Waals surface area contributed by atoms with Crippen LogP contribution in [0.2, 0.25) is 0 Å². The molecule has 132 valence electrons. The second kappa shape index (κ2) is 9.21. The summed E-state index contributed by atoms with van der Waals surface area (Å²) >= 11 is 0. The molecular weight excluding hydrogens is 310 g/mol. The Morgan fingerprint density at radius 3 is 2.56 bits per heavy atom. The molecule has 1 aromatic heterocycles. The molecule has 0 spiro atoms. The Bertz CT molecular complexity index is 649. The number of aromatic nitrogens is 1. The van der Waals surface area contributed by atoms with Crippen LogP contribution in [0.15, 0.2) is 48.7 Å². The molecular formula is C21H27N3O. The van der Waals surface area contributed by atoms with Crippen molar-refractivity contribution in [2.45, 2.75) is 51.0 Å². The first-order valence-electron chi connectivity index (χ1n) is 9.36. The number of nitrogens with one attached hydrogen (secondary N) is 2. The van der Waals surface area contributed by atoms with E-state index in [0.717, 1.165) is 38.0 Å². The van der Waals surface area contributed by atoms with Gasteiger partial charge >= 0.3 is 0 Å². The van der Waals surface area contributed by atoms with Gasteiger partial charge in [0.05, 0.1) is 5.56 Å². The number of nitrogens with zero attached hydrogens (tertiary/aromatic N) is 1. The van der Waals surface area contributed by atoms with Crippen LogP contribution in [-0.2, 0) is 6.42 Å². The smallest absolute Gasteiger partial charge is 0.253 e. The lowest BCUT2D eigenvalue weighted by Gasteiger charge is -2.22. The molecule has 2 aromatic rings. The molecule has 0 saturated heterocycles. The minimum absolute atomic E-state index is 0.00460. The number of pyridine rings is 1. The van der Waals surface area contributed by atoms with E-state index in [4.69, 9.17) is 0 Å². The summed E-state index contributed by atoms with van der Waals surface area (Å²) in [6.07, 6.45) is 9.69. The van der Waals surface area contributed by atoms with Crippen LogP contribution >= 0.6 is 0 Å². The summed E-state index contributed by atoms with van der Waals surface area (Å²) in [4.78, 5) is 16.6. The fourth-order valence-electron chi connectivity index (χ4n) is 3.30. The largest absolute Gasteiger partial charge is 0.370 e. The molecule has 1 fully saturated rings. The molecule has 4 heteroatoms. The first-order valence-corrected chi connectivity index (χ1v) is 9.36. The predicted molar refractivity (Wildman–Crippen MR) is 102 cm³/mol. The van der Waals surface area contributed by atoms with Crippen LogP contribution in [-0.4, -0.2) is 23.5 Å². The van der Waals surface area contributed by atoms with Gasteiger partial charge in [-0.1, -0.05) is 49.6 Å². The summed E-state index contributed by atoms with van der Waals surface area (Å²) in [6, 6.07) is 14.6. The Hall–Kier alpha value is -2.36. The number of hydrogen-bond donors (Lipinski definition) is 2. The van der Waals surface area contributed by atoms with Crippen LogP contribution < -0.4 is 10.6 Å². The van der Waals surface area contributed by atoms with Gasteiger partial charge in [0.15, 0.2) is 0 Å². The molecule has 1 saturated carbocycles. The van der Waals surface area contributed by atoms with Crippen molar-refractivity contribution in [2.24, 2.45) is 0 Å². The van der Waals surface area contributed by atoms with E-state index in [1.54, 1.807) is 6.20 Å². The number of carbonyl (C=O) groups excluding carboxylic acids is 1. The van der Waals surface area contributed by atoms with Crippen LogP contribution in [0.25, 0.3) is 0 Å². The second-order valence-corrected chi connectivity index (χ2v) is 6.76. The van der Waals surface area contributed by atoms with Gasteiger partial charge in [0.1, 0.15) is 5.82 Å². The van der Waals surface area contributed by atoms with Gasteiger partial charge in [-0.15, -0.1) is 0 Å². The number of amides is 1. The number of anilines is 1. The topological polar surface area (TPSA) is 54.0 Å². The van der Waals surface area contributed by atoms with Crippen LogP contribution in [0, 0.1) is 0 Å². The van der Waals surface area contributed by atoms with E-state index in [2.05, 4.69) is 39.9 Å². The molecule has 1 heterocycles. The molecule has 1 aliphatic carbocycles. The van der Waals surface area contributed by atoms with Gasteiger partial charge < -0.3 is 10.6 Å². The second-order valence-electron chi connectivity index (χ2n) is 6.76. The molecule has 0 bridgehead atoms. The quantitative estimate of drug-likeness (QED) is 0.745. The lowest BCUT2D eigenvalue weighted by atomic mass is 9.95. The van der Waals surface area contributed by atoms with E-state index >= 15 is 0 Å². The SMILES string of the molecule is O=C(NC1CCCCC1)c1ccc(NCCCc2ccccc2)nc1. The lowest BCUT2D eigenvalue weighted by molar-refractivity contribution is 0.0927. The Balaban J connectivity index is 1.41. The van der Waals surface area contributed by atoms with Crippen molar-refractivity contribution in [1.82, 2.24) is 10.3 Å². The highest BCUT2D eigenvalue weighted by atomic mass is 16.1. The van der Waals surface area contributed by atoms with Crippen molar-refractivity contribution in [3.63, 3.8) is 0 Å². The normalized spacial score (nSPS) is 14.9. The minimum Gasteiger partial charge on any atom is -0.370 e. The van der Waals surface area contributed by atoms with Crippen LogP contribution in [0.5, 0.6) is 0 Å². The molecule has 0 unspecified atom stereocenters. The number of rotatable bonds is 7. The summed E-state index contributed by atoms with van der Waals surface area (Å²) in [5.74, 6) is 0.817. The fraction of sp³-hybridized carbons (Fsp3) is 0.429. The van der Waals surface area contributed by atoms with E-state index in [1.807, 2.05) is 18.2 Å². The molecule has 3 rings (SSSR count). The third kappa shape index (κ3) is 5.59. The van der Waals surface area contributed by atoms with Gasteiger partial charge in [-0.3, -0.25) is 4.79 Å². The third-order valence-corrected chi connectivity index (χ3v) is 4.76. The van der Waals surface area contributed by atoms with Crippen molar-refractivity contribution >= 4 is 11.7 Å². The maximum absolute atomic E-state index is 12.3. The highest BCUT2D eigenvalue weighted by Crippen LogP contribution is 2.18. The Kier molecular flexibility index (Phi) is 6.43. The van der Waals surface area contributed by atoms with Gasteiger partial charge in [-0.25, -0.2) is 4.98 Å². The Morgan fingerprint density at radius 2 is 1.84 bits per heavy atom. The standard InChI is InChI=1S/C21H27N3O/c25-21(24-19-11-5-2-6-12-19)18-13-14-20(23-16-18)22-15-7-10-17-8-3-1-4-9-17/h1,3-4,8-9,13-14,16,19H,2,5-7,10-12,15H2,(H,22,23)(H,24,25). The monoisotopic (exact) mass is 337 g/mol. The number of aryl methyl sites for hydroxylation is 1.